The number of carbonyl (C=O) groups excluding carboxylic acids is 1. The van der Waals surface area contributed by atoms with Gasteiger partial charge in [0.15, 0.2) is 0 Å². The van der Waals surface area contributed by atoms with E-state index in [4.69, 9.17) is 11.6 Å². The maximum Gasteiger partial charge on any atom is 0.227 e. The van der Waals surface area contributed by atoms with Crippen LogP contribution in [0.3, 0.4) is 0 Å². The topological polar surface area (TPSA) is 61.4 Å². The lowest BCUT2D eigenvalue weighted by atomic mass is 10.0. The Morgan fingerprint density at radius 2 is 2.07 bits per heavy atom. The van der Waals surface area contributed by atoms with Crippen LogP contribution in [0, 0.1) is 5.92 Å². The minimum Gasteiger partial charge on any atom is -0.363 e. The minimum atomic E-state index is 0.155. The number of rotatable bonds is 5. The first-order valence-electron chi connectivity index (χ1n) is 9.22. The Balaban J connectivity index is 1.63. The number of halogens is 1. The lowest BCUT2D eigenvalue weighted by molar-refractivity contribution is -0.130. The molecule has 1 aromatic heterocycles. The molecular formula is C20H26ClN5O. The number of hydrogen-bond donors (Lipinski definition) is 1. The fourth-order valence-electron chi connectivity index (χ4n) is 3.28. The zero-order valence-corrected chi connectivity index (χ0v) is 16.6. The predicted octanol–water partition coefficient (Wildman–Crippen LogP) is 2.03. The van der Waals surface area contributed by atoms with Crippen LogP contribution in [-0.2, 0) is 17.6 Å². The number of aromatic nitrogens is 2. The van der Waals surface area contributed by atoms with Crippen LogP contribution < -0.4 is 10.2 Å². The summed E-state index contributed by atoms with van der Waals surface area (Å²) >= 11 is 5.93. The van der Waals surface area contributed by atoms with Crippen LogP contribution in [0.5, 0.6) is 0 Å². The molecule has 1 saturated heterocycles. The molecule has 0 spiro atoms. The SMILES string of the molecule is CN(C)c1cc(C[C@H]2CNCCN(C(=O)Cc3ccc(Cl)cc3)C2)ncn1. The maximum absolute atomic E-state index is 12.8. The summed E-state index contributed by atoms with van der Waals surface area (Å²) in [5.41, 5.74) is 2.00. The Morgan fingerprint density at radius 1 is 1.30 bits per heavy atom. The first-order valence-corrected chi connectivity index (χ1v) is 9.60. The van der Waals surface area contributed by atoms with Gasteiger partial charge in [-0.2, -0.15) is 0 Å². The van der Waals surface area contributed by atoms with E-state index in [0.29, 0.717) is 17.4 Å². The Kier molecular flexibility index (Phi) is 6.63. The molecule has 1 aliphatic heterocycles. The van der Waals surface area contributed by atoms with Crippen molar-refractivity contribution in [2.45, 2.75) is 12.8 Å². The zero-order chi connectivity index (χ0) is 19.2. The van der Waals surface area contributed by atoms with Gasteiger partial charge in [0.05, 0.1) is 6.42 Å². The van der Waals surface area contributed by atoms with Gasteiger partial charge in [-0.25, -0.2) is 9.97 Å². The molecule has 2 heterocycles. The van der Waals surface area contributed by atoms with Gasteiger partial charge in [0, 0.05) is 57.1 Å². The molecule has 1 aromatic carbocycles. The molecular weight excluding hydrogens is 362 g/mol. The molecule has 1 atom stereocenters. The van der Waals surface area contributed by atoms with Gasteiger partial charge in [-0.3, -0.25) is 4.79 Å². The average molecular weight is 388 g/mol. The van der Waals surface area contributed by atoms with Crippen molar-refractivity contribution in [2.75, 3.05) is 45.2 Å². The molecule has 3 rings (SSSR count). The van der Waals surface area contributed by atoms with E-state index in [1.165, 1.54) is 0 Å². The molecule has 0 bridgehead atoms. The van der Waals surface area contributed by atoms with Crippen LogP contribution in [0.25, 0.3) is 0 Å². The summed E-state index contributed by atoms with van der Waals surface area (Å²) in [5, 5.41) is 4.13. The first kappa shape index (κ1) is 19.6. The van der Waals surface area contributed by atoms with Crippen LogP contribution >= 0.6 is 11.6 Å². The van der Waals surface area contributed by atoms with Gasteiger partial charge in [-0.05, 0) is 30.0 Å². The summed E-state index contributed by atoms with van der Waals surface area (Å²) in [6, 6.07) is 9.50. The molecule has 1 N–H and O–H groups in total. The number of nitrogens with one attached hydrogen (secondary N) is 1. The number of anilines is 1. The van der Waals surface area contributed by atoms with Crippen LogP contribution in [0.1, 0.15) is 11.3 Å². The zero-order valence-electron chi connectivity index (χ0n) is 15.9. The molecule has 27 heavy (non-hydrogen) atoms. The molecule has 1 fully saturated rings. The largest absolute Gasteiger partial charge is 0.363 e. The number of carbonyl (C=O) groups is 1. The fourth-order valence-corrected chi connectivity index (χ4v) is 3.40. The monoisotopic (exact) mass is 387 g/mol. The Morgan fingerprint density at radius 3 is 2.81 bits per heavy atom. The fraction of sp³-hybridized carbons (Fsp3) is 0.450. The molecule has 0 radical (unpaired) electrons. The van der Waals surface area contributed by atoms with Crippen molar-refractivity contribution in [1.29, 1.82) is 0 Å². The molecule has 144 valence electrons. The van der Waals surface area contributed by atoms with Crippen molar-refractivity contribution in [3.05, 3.63) is 52.9 Å². The van der Waals surface area contributed by atoms with Crippen LogP contribution in [0.4, 0.5) is 5.82 Å². The standard InChI is InChI=1S/C20H26ClN5O/c1-25(2)19-11-18(23-14-24-19)9-16-12-22-7-8-26(13-16)20(27)10-15-3-5-17(21)6-4-15/h3-6,11,14,16,22H,7-10,12-13H2,1-2H3/t16-/m0/s1. The number of hydrogen-bond acceptors (Lipinski definition) is 5. The van der Waals surface area contributed by atoms with Gasteiger partial charge in [0.2, 0.25) is 5.91 Å². The van der Waals surface area contributed by atoms with E-state index in [2.05, 4.69) is 15.3 Å². The van der Waals surface area contributed by atoms with Crippen molar-refractivity contribution in [3.63, 3.8) is 0 Å². The van der Waals surface area contributed by atoms with Gasteiger partial charge in [0.1, 0.15) is 12.1 Å². The van der Waals surface area contributed by atoms with Crippen molar-refractivity contribution in [2.24, 2.45) is 5.92 Å². The lowest BCUT2D eigenvalue weighted by Gasteiger charge is -2.24. The third-order valence-electron chi connectivity index (χ3n) is 4.76. The molecule has 0 unspecified atom stereocenters. The molecule has 6 nitrogen and oxygen atoms in total. The van der Waals surface area contributed by atoms with Gasteiger partial charge >= 0.3 is 0 Å². The highest BCUT2D eigenvalue weighted by atomic mass is 35.5. The Labute approximate surface area is 165 Å². The van der Waals surface area contributed by atoms with Gasteiger partial charge < -0.3 is 15.1 Å². The summed E-state index contributed by atoms with van der Waals surface area (Å²) in [6.07, 6.45) is 2.83. The quantitative estimate of drug-likeness (QED) is 0.850. The smallest absolute Gasteiger partial charge is 0.227 e. The summed E-state index contributed by atoms with van der Waals surface area (Å²) in [7, 11) is 3.94. The molecule has 2 aromatic rings. The summed E-state index contributed by atoms with van der Waals surface area (Å²) in [6.45, 7) is 3.16. The normalized spacial score (nSPS) is 17.4. The van der Waals surface area contributed by atoms with E-state index >= 15 is 0 Å². The van der Waals surface area contributed by atoms with E-state index in [9.17, 15) is 4.79 Å². The molecule has 1 aliphatic rings. The van der Waals surface area contributed by atoms with Crippen LogP contribution in [-0.4, -0.2) is 61.0 Å². The Bertz CT molecular complexity index is 765. The minimum absolute atomic E-state index is 0.155. The van der Waals surface area contributed by atoms with E-state index in [0.717, 1.165) is 49.7 Å². The van der Waals surface area contributed by atoms with Crippen molar-refractivity contribution < 1.29 is 4.79 Å². The van der Waals surface area contributed by atoms with Crippen molar-refractivity contribution in [3.8, 4) is 0 Å². The van der Waals surface area contributed by atoms with Crippen LogP contribution in [0.2, 0.25) is 5.02 Å². The van der Waals surface area contributed by atoms with Crippen molar-refractivity contribution >= 4 is 23.3 Å². The maximum atomic E-state index is 12.8. The Hall–Kier alpha value is -2.18. The molecule has 1 amide bonds. The van der Waals surface area contributed by atoms with Gasteiger partial charge in [0.25, 0.3) is 0 Å². The van der Waals surface area contributed by atoms with Crippen molar-refractivity contribution in [1.82, 2.24) is 20.2 Å². The van der Waals surface area contributed by atoms with Gasteiger partial charge in [-0.1, -0.05) is 23.7 Å². The summed E-state index contributed by atoms with van der Waals surface area (Å²) < 4.78 is 0. The van der Waals surface area contributed by atoms with E-state index in [-0.39, 0.29) is 5.91 Å². The van der Waals surface area contributed by atoms with E-state index < -0.39 is 0 Å². The van der Waals surface area contributed by atoms with Crippen LogP contribution in [0.15, 0.2) is 36.7 Å². The second-order valence-electron chi connectivity index (χ2n) is 7.18. The highest BCUT2D eigenvalue weighted by Crippen LogP contribution is 2.15. The first-order chi connectivity index (χ1) is 13.0. The number of benzene rings is 1. The molecule has 0 saturated carbocycles. The predicted molar refractivity (Wildman–Crippen MR) is 108 cm³/mol. The third-order valence-corrected chi connectivity index (χ3v) is 5.01. The van der Waals surface area contributed by atoms with Gasteiger partial charge in [-0.15, -0.1) is 0 Å². The summed E-state index contributed by atoms with van der Waals surface area (Å²) in [5.74, 6) is 1.38. The molecule has 7 heteroatoms. The number of nitrogens with zero attached hydrogens (tertiary/aromatic N) is 4. The third kappa shape index (κ3) is 5.65. The van der Waals surface area contributed by atoms with E-state index in [1.807, 2.05) is 54.2 Å². The highest BCUT2D eigenvalue weighted by molar-refractivity contribution is 6.30. The molecule has 0 aliphatic carbocycles. The second kappa shape index (κ2) is 9.15. The van der Waals surface area contributed by atoms with E-state index in [1.54, 1.807) is 6.33 Å². The summed E-state index contributed by atoms with van der Waals surface area (Å²) in [4.78, 5) is 25.4. The second-order valence-corrected chi connectivity index (χ2v) is 7.62. The number of amides is 1. The lowest BCUT2D eigenvalue weighted by Crippen LogP contribution is -2.37. The highest BCUT2D eigenvalue weighted by Gasteiger charge is 2.22. The average Bonchev–Trinajstić information content (AvgIpc) is 2.89.